The number of nitrogens with zero attached hydrogens (tertiary/aromatic N) is 2. The molecule has 26 heavy (non-hydrogen) atoms. The molecule has 152 valence electrons. The van der Waals surface area contributed by atoms with E-state index in [1.54, 1.807) is 0 Å². The van der Waals surface area contributed by atoms with Crippen LogP contribution in [0.3, 0.4) is 0 Å². The number of piperidine rings is 1. The lowest BCUT2D eigenvalue weighted by Gasteiger charge is -2.35. The van der Waals surface area contributed by atoms with E-state index in [9.17, 15) is 9.90 Å². The van der Waals surface area contributed by atoms with E-state index in [-0.39, 0.29) is 6.10 Å². The number of hydrogen-bond donors (Lipinski definition) is 3. The number of nitrogens with one attached hydrogen (secondary N) is 2. The zero-order valence-corrected chi connectivity index (χ0v) is 17.4. The van der Waals surface area contributed by atoms with Crippen molar-refractivity contribution >= 4 is 12.1 Å². The molecule has 1 amide bonds. The molecule has 1 saturated heterocycles. The first-order valence-corrected chi connectivity index (χ1v) is 9.87. The first-order valence-electron chi connectivity index (χ1n) is 9.87. The highest BCUT2D eigenvalue weighted by molar-refractivity contribution is 5.80. The van der Waals surface area contributed by atoms with E-state index in [4.69, 9.17) is 9.73 Å². The number of carbonyl (C=O) groups excluding carboxylic acids is 1. The van der Waals surface area contributed by atoms with Crippen LogP contribution >= 0.6 is 0 Å². The number of aliphatic hydroxyl groups excluding tert-OH is 1. The number of aliphatic imine (C=N–C) groups is 1. The molecule has 0 aliphatic carbocycles. The maximum absolute atomic E-state index is 12.3. The number of rotatable bonds is 6. The Hall–Kier alpha value is -1.50. The van der Waals surface area contributed by atoms with Gasteiger partial charge >= 0.3 is 6.09 Å². The van der Waals surface area contributed by atoms with Crippen LogP contribution in [0, 0.1) is 0 Å². The van der Waals surface area contributed by atoms with Crippen LogP contribution in [0.15, 0.2) is 4.99 Å². The van der Waals surface area contributed by atoms with Crippen LogP contribution in [0.4, 0.5) is 4.79 Å². The van der Waals surface area contributed by atoms with Crippen molar-refractivity contribution < 1.29 is 14.6 Å². The fourth-order valence-corrected chi connectivity index (χ4v) is 2.94. The number of carbonyl (C=O) groups is 1. The van der Waals surface area contributed by atoms with Gasteiger partial charge in [0.15, 0.2) is 5.96 Å². The van der Waals surface area contributed by atoms with Crippen LogP contribution in [0.2, 0.25) is 0 Å². The predicted octanol–water partition coefficient (Wildman–Crippen LogP) is 2.49. The zero-order chi connectivity index (χ0) is 19.8. The Morgan fingerprint density at radius 2 is 1.77 bits per heavy atom. The van der Waals surface area contributed by atoms with E-state index in [0.29, 0.717) is 6.54 Å². The molecule has 1 heterocycles. The molecule has 1 rings (SSSR count). The van der Waals surface area contributed by atoms with Crippen LogP contribution in [-0.4, -0.2) is 65.5 Å². The number of amides is 1. The number of ether oxygens (including phenoxy) is 1. The molecule has 0 atom stereocenters. The smallest absolute Gasteiger partial charge is 0.408 e. The molecule has 0 radical (unpaired) electrons. The number of alkyl carbamates (subject to hydrolysis) is 1. The largest absolute Gasteiger partial charge is 0.444 e. The third kappa shape index (κ3) is 7.40. The molecule has 0 aromatic heterocycles. The molecule has 0 saturated carbocycles. The Morgan fingerprint density at radius 3 is 2.23 bits per heavy atom. The van der Waals surface area contributed by atoms with Crippen molar-refractivity contribution in [1.82, 2.24) is 15.5 Å². The average molecular weight is 371 g/mol. The van der Waals surface area contributed by atoms with Crippen LogP contribution < -0.4 is 10.6 Å². The highest BCUT2D eigenvalue weighted by atomic mass is 16.6. The molecular weight excluding hydrogens is 332 g/mol. The second kappa shape index (κ2) is 10.00. The van der Waals surface area contributed by atoms with Crippen molar-refractivity contribution in [3.63, 3.8) is 0 Å². The first kappa shape index (κ1) is 22.5. The Morgan fingerprint density at radius 1 is 1.19 bits per heavy atom. The number of guanidine groups is 1. The summed E-state index contributed by atoms with van der Waals surface area (Å²) >= 11 is 0. The molecule has 7 heteroatoms. The summed E-state index contributed by atoms with van der Waals surface area (Å²) in [7, 11) is 0. The minimum atomic E-state index is -0.524. The van der Waals surface area contributed by atoms with Gasteiger partial charge in [-0.05, 0) is 53.4 Å². The van der Waals surface area contributed by atoms with Crippen molar-refractivity contribution in [2.75, 3.05) is 26.2 Å². The van der Waals surface area contributed by atoms with Gasteiger partial charge in [-0.3, -0.25) is 4.99 Å². The summed E-state index contributed by atoms with van der Waals surface area (Å²) in [4.78, 5) is 19.3. The summed E-state index contributed by atoms with van der Waals surface area (Å²) in [5.41, 5.74) is -0.956. The molecule has 3 N–H and O–H groups in total. The predicted molar refractivity (Wildman–Crippen MR) is 105 cm³/mol. The lowest BCUT2D eigenvalue weighted by molar-refractivity contribution is 0.0451. The zero-order valence-electron chi connectivity index (χ0n) is 17.4. The second-order valence-corrected chi connectivity index (χ2v) is 8.00. The maximum atomic E-state index is 12.3. The Kier molecular flexibility index (Phi) is 8.67. The first-order chi connectivity index (χ1) is 12.1. The Labute approximate surface area is 158 Å². The highest BCUT2D eigenvalue weighted by Crippen LogP contribution is 2.18. The minimum Gasteiger partial charge on any atom is -0.444 e. The fraction of sp³-hybridized carbons (Fsp3) is 0.895. The van der Waals surface area contributed by atoms with Crippen LogP contribution in [0.5, 0.6) is 0 Å². The highest BCUT2D eigenvalue weighted by Gasteiger charge is 2.31. The van der Waals surface area contributed by atoms with E-state index in [1.807, 2.05) is 27.7 Å². The molecule has 0 spiro atoms. The molecule has 7 nitrogen and oxygen atoms in total. The van der Waals surface area contributed by atoms with Crippen molar-refractivity contribution in [1.29, 1.82) is 0 Å². The van der Waals surface area contributed by atoms with Crippen LogP contribution in [0.25, 0.3) is 0 Å². The van der Waals surface area contributed by atoms with Crippen LogP contribution in [0.1, 0.15) is 67.2 Å². The van der Waals surface area contributed by atoms with Crippen molar-refractivity contribution in [3.05, 3.63) is 0 Å². The number of aliphatic hydroxyl groups is 1. The molecule has 1 aliphatic heterocycles. The second-order valence-electron chi connectivity index (χ2n) is 8.00. The van der Waals surface area contributed by atoms with Gasteiger partial charge in [0.2, 0.25) is 0 Å². The van der Waals surface area contributed by atoms with E-state index in [0.717, 1.165) is 51.3 Å². The summed E-state index contributed by atoms with van der Waals surface area (Å²) in [5.74, 6) is 0.844. The molecule has 0 aromatic rings. The lowest BCUT2D eigenvalue weighted by atomic mass is 9.93. The monoisotopic (exact) mass is 370 g/mol. The third-order valence-corrected chi connectivity index (χ3v) is 4.75. The maximum Gasteiger partial charge on any atom is 0.408 e. The van der Waals surface area contributed by atoms with Crippen molar-refractivity contribution in [2.24, 2.45) is 4.99 Å². The standard InChI is InChI=1S/C19H38N4O3/c1-7-19(8-2,22-17(25)26-18(4,5)6)14-21-16(20-9-3)23-12-10-15(24)11-13-23/h15,24H,7-14H2,1-6H3,(H,20,21)(H,22,25). The number of hydrogen-bond acceptors (Lipinski definition) is 4. The summed E-state index contributed by atoms with van der Waals surface area (Å²) < 4.78 is 5.43. The third-order valence-electron chi connectivity index (χ3n) is 4.75. The summed E-state index contributed by atoms with van der Waals surface area (Å²) in [6.45, 7) is 14.6. The number of likely N-dealkylation sites (tertiary alicyclic amines) is 1. The average Bonchev–Trinajstić information content (AvgIpc) is 2.56. The minimum absolute atomic E-state index is 0.215. The van der Waals surface area contributed by atoms with Gasteiger partial charge in [0.1, 0.15) is 5.60 Å². The van der Waals surface area contributed by atoms with E-state index in [1.165, 1.54) is 0 Å². The van der Waals surface area contributed by atoms with E-state index in [2.05, 4.69) is 29.4 Å². The molecule has 0 aromatic carbocycles. The molecule has 1 aliphatic rings. The topological polar surface area (TPSA) is 86.2 Å². The van der Waals surface area contributed by atoms with Gasteiger partial charge in [-0.25, -0.2) is 4.79 Å². The van der Waals surface area contributed by atoms with Gasteiger partial charge in [-0.2, -0.15) is 0 Å². The van der Waals surface area contributed by atoms with Crippen LogP contribution in [-0.2, 0) is 4.74 Å². The summed E-state index contributed by atoms with van der Waals surface area (Å²) in [6, 6.07) is 0. The van der Waals surface area contributed by atoms with Gasteiger partial charge in [0.05, 0.1) is 18.2 Å². The molecule has 1 fully saturated rings. The Bertz CT molecular complexity index is 462. The van der Waals surface area contributed by atoms with Gasteiger partial charge in [-0.15, -0.1) is 0 Å². The molecule has 0 bridgehead atoms. The van der Waals surface area contributed by atoms with Gasteiger partial charge in [0, 0.05) is 19.6 Å². The normalized spacial score (nSPS) is 17.2. The van der Waals surface area contributed by atoms with Crippen molar-refractivity contribution in [2.45, 2.75) is 84.5 Å². The van der Waals surface area contributed by atoms with Gasteiger partial charge in [-0.1, -0.05) is 13.8 Å². The van der Waals surface area contributed by atoms with E-state index >= 15 is 0 Å². The van der Waals surface area contributed by atoms with Gasteiger partial charge < -0.3 is 25.4 Å². The molecular formula is C19H38N4O3. The summed E-state index contributed by atoms with van der Waals surface area (Å²) in [6.07, 6.45) is 2.44. The lowest BCUT2D eigenvalue weighted by Crippen LogP contribution is -2.53. The quantitative estimate of drug-likeness (QED) is 0.494. The molecule has 0 unspecified atom stereocenters. The van der Waals surface area contributed by atoms with E-state index < -0.39 is 17.2 Å². The van der Waals surface area contributed by atoms with Crippen molar-refractivity contribution in [3.8, 4) is 0 Å². The van der Waals surface area contributed by atoms with Gasteiger partial charge in [0.25, 0.3) is 0 Å². The SMILES string of the molecule is CCNC(=NCC(CC)(CC)NC(=O)OC(C)(C)C)N1CCC(O)CC1. The summed E-state index contributed by atoms with van der Waals surface area (Å²) in [5, 5.41) is 16.1. The Balaban J connectivity index is 2.84. The fourth-order valence-electron chi connectivity index (χ4n) is 2.94.